The number of hydrogen-bond donors (Lipinski definition) is 2. The highest BCUT2D eigenvalue weighted by Gasteiger charge is 2.28. The number of amides is 1. The van der Waals surface area contributed by atoms with Gasteiger partial charge in [-0.25, -0.2) is 0 Å². The number of rotatable bonds is 4. The molecule has 1 aromatic rings. The maximum atomic E-state index is 12.7. The summed E-state index contributed by atoms with van der Waals surface area (Å²) < 4.78 is 1.18. The van der Waals surface area contributed by atoms with Crippen molar-refractivity contribution >= 4 is 37.8 Å². The van der Waals surface area contributed by atoms with Crippen LogP contribution in [0.5, 0.6) is 5.75 Å². The van der Waals surface area contributed by atoms with Crippen LogP contribution in [0.3, 0.4) is 0 Å². The Morgan fingerprint density at radius 3 is 2.46 bits per heavy atom. The van der Waals surface area contributed by atoms with Crippen molar-refractivity contribution in [3.8, 4) is 5.75 Å². The Morgan fingerprint density at radius 2 is 1.88 bits per heavy atom. The molecule has 0 radical (unpaired) electrons. The van der Waals surface area contributed by atoms with Crippen molar-refractivity contribution in [1.29, 1.82) is 0 Å². The predicted molar refractivity (Wildman–Crippen MR) is 110 cm³/mol. The van der Waals surface area contributed by atoms with Crippen LogP contribution >= 0.6 is 31.9 Å². The van der Waals surface area contributed by atoms with E-state index >= 15 is 0 Å². The van der Waals surface area contributed by atoms with Crippen LogP contribution in [-0.4, -0.2) is 52.5 Å². The fraction of sp³-hybridized carbons (Fsp3) is 0.421. The Labute approximate surface area is 170 Å². The number of nitrogens with two attached hydrogens (primary N) is 1. The summed E-state index contributed by atoms with van der Waals surface area (Å²) in [5.41, 5.74) is 7.09. The molecule has 0 unspecified atom stereocenters. The number of likely N-dealkylation sites (tertiary alicyclic amines) is 1. The second-order valence-corrected chi connectivity index (χ2v) is 8.45. The molecule has 1 fully saturated rings. The summed E-state index contributed by atoms with van der Waals surface area (Å²) in [6, 6.07) is 3.51. The SMILES string of the molecule is N[C@H](Cc1cc(Br)c(O)c(Br)c1)C(=O)N1CCC(N2C=CC=CC2)CC1. The molecule has 7 heteroatoms. The van der Waals surface area contributed by atoms with Crippen molar-refractivity contribution in [2.75, 3.05) is 19.6 Å². The van der Waals surface area contributed by atoms with Crippen LogP contribution in [0.2, 0.25) is 0 Å². The molecular formula is C19H23Br2N3O2. The topological polar surface area (TPSA) is 69.8 Å². The smallest absolute Gasteiger partial charge is 0.239 e. The maximum Gasteiger partial charge on any atom is 0.239 e. The van der Waals surface area contributed by atoms with Crippen LogP contribution in [0.4, 0.5) is 0 Å². The summed E-state index contributed by atoms with van der Waals surface area (Å²) >= 11 is 6.63. The van der Waals surface area contributed by atoms with Gasteiger partial charge in [-0.05, 0) is 81.1 Å². The van der Waals surface area contributed by atoms with Crippen molar-refractivity contribution in [2.45, 2.75) is 31.3 Å². The standard InChI is InChI=1S/C19H23Br2N3O2/c20-15-10-13(11-16(21)18(15)25)12-17(22)19(26)24-8-4-14(5-9-24)23-6-2-1-3-7-23/h1-3,6,10-11,14,17,25H,4-5,7-9,12,22H2/t17-/m1/s1. The van der Waals surface area contributed by atoms with Gasteiger partial charge in [-0.2, -0.15) is 0 Å². The molecule has 0 saturated carbocycles. The van der Waals surface area contributed by atoms with Gasteiger partial charge in [0.25, 0.3) is 0 Å². The van der Waals surface area contributed by atoms with Crippen molar-refractivity contribution < 1.29 is 9.90 Å². The van der Waals surface area contributed by atoms with Gasteiger partial charge >= 0.3 is 0 Å². The zero-order chi connectivity index (χ0) is 18.7. The zero-order valence-corrected chi connectivity index (χ0v) is 17.6. The number of piperidine rings is 1. The number of halogens is 2. The summed E-state index contributed by atoms with van der Waals surface area (Å²) in [5.74, 6) is 0.148. The Balaban J connectivity index is 1.54. The molecule has 1 amide bonds. The molecular weight excluding hydrogens is 462 g/mol. The largest absolute Gasteiger partial charge is 0.506 e. The van der Waals surface area contributed by atoms with E-state index in [0.717, 1.165) is 38.0 Å². The van der Waals surface area contributed by atoms with Crippen LogP contribution < -0.4 is 5.73 Å². The molecule has 26 heavy (non-hydrogen) atoms. The average molecular weight is 485 g/mol. The first-order valence-corrected chi connectivity index (χ1v) is 10.3. The molecule has 0 bridgehead atoms. The molecule has 2 heterocycles. The van der Waals surface area contributed by atoms with E-state index in [1.54, 1.807) is 12.1 Å². The van der Waals surface area contributed by atoms with E-state index in [2.05, 4.69) is 61.2 Å². The minimum Gasteiger partial charge on any atom is -0.506 e. The number of nitrogens with zero attached hydrogens (tertiary/aromatic N) is 2. The Bertz CT molecular complexity index is 704. The Hall–Kier alpha value is -1.31. The number of phenols is 1. The van der Waals surface area contributed by atoms with Gasteiger partial charge in [0.05, 0.1) is 15.0 Å². The van der Waals surface area contributed by atoms with Gasteiger partial charge in [0, 0.05) is 25.7 Å². The number of benzene rings is 1. The third-order valence-electron chi connectivity index (χ3n) is 4.94. The van der Waals surface area contributed by atoms with Crippen LogP contribution in [-0.2, 0) is 11.2 Å². The van der Waals surface area contributed by atoms with Crippen molar-refractivity contribution in [1.82, 2.24) is 9.80 Å². The summed E-state index contributed by atoms with van der Waals surface area (Å²) in [7, 11) is 0. The molecule has 0 aliphatic carbocycles. The number of carbonyl (C=O) groups excluding carboxylic acids is 1. The molecule has 2 aliphatic rings. The van der Waals surface area contributed by atoms with Gasteiger partial charge in [-0.3, -0.25) is 4.79 Å². The van der Waals surface area contributed by atoms with Gasteiger partial charge in [-0.1, -0.05) is 12.2 Å². The molecule has 1 aromatic carbocycles. The van der Waals surface area contributed by atoms with Crippen molar-refractivity contribution in [3.63, 3.8) is 0 Å². The quantitative estimate of drug-likeness (QED) is 0.688. The minimum absolute atomic E-state index is 0.00199. The highest BCUT2D eigenvalue weighted by Crippen LogP contribution is 2.33. The number of allylic oxidation sites excluding steroid dienone is 2. The van der Waals surface area contributed by atoms with E-state index in [-0.39, 0.29) is 11.7 Å². The molecule has 5 nitrogen and oxygen atoms in total. The first-order valence-electron chi connectivity index (χ1n) is 8.76. The van der Waals surface area contributed by atoms with Crippen molar-refractivity contribution in [2.24, 2.45) is 5.73 Å². The Kier molecular flexibility index (Phi) is 6.42. The summed E-state index contributed by atoms with van der Waals surface area (Å²) in [6.45, 7) is 2.43. The van der Waals surface area contributed by atoms with Crippen LogP contribution in [0.25, 0.3) is 0 Å². The van der Waals surface area contributed by atoms with E-state index in [9.17, 15) is 9.90 Å². The van der Waals surface area contributed by atoms with Gasteiger partial charge in [0.1, 0.15) is 5.75 Å². The first-order chi connectivity index (χ1) is 12.5. The van der Waals surface area contributed by atoms with E-state index in [4.69, 9.17) is 5.73 Å². The van der Waals surface area contributed by atoms with E-state index in [0.29, 0.717) is 21.4 Å². The van der Waals surface area contributed by atoms with Crippen LogP contribution in [0, 0.1) is 0 Å². The summed E-state index contributed by atoms with van der Waals surface area (Å²) in [6.07, 6.45) is 10.8. The molecule has 1 atom stereocenters. The maximum absolute atomic E-state index is 12.7. The lowest BCUT2D eigenvalue weighted by molar-refractivity contribution is -0.134. The Morgan fingerprint density at radius 1 is 1.23 bits per heavy atom. The molecule has 2 aliphatic heterocycles. The fourth-order valence-corrected chi connectivity index (χ4v) is 4.76. The van der Waals surface area contributed by atoms with Gasteiger partial charge in [0.15, 0.2) is 0 Å². The van der Waals surface area contributed by atoms with E-state index in [1.807, 2.05) is 4.90 Å². The highest BCUT2D eigenvalue weighted by molar-refractivity contribution is 9.11. The number of phenolic OH excluding ortho intramolecular Hbond substituents is 1. The lowest BCUT2D eigenvalue weighted by atomic mass is 10.0. The molecule has 3 N–H and O–H groups in total. The number of carbonyl (C=O) groups is 1. The molecule has 0 aromatic heterocycles. The third-order valence-corrected chi connectivity index (χ3v) is 6.14. The lowest BCUT2D eigenvalue weighted by Crippen LogP contribution is -2.51. The lowest BCUT2D eigenvalue weighted by Gasteiger charge is -2.39. The summed E-state index contributed by atoms with van der Waals surface area (Å²) in [4.78, 5) is 16.9. The second kappa shape index (κ2) is 8.59. The van der Waals surface area contributed by atoms with Gasteiger partial charge < -0.3 is 20.6 Å². The summed E-state index contributed by atoms with van der Waals surface area (Å²) in [5, 5.41) is 9.80. The van der Waals surface area contributed by atoms with Crippen LogP contribution in [0.15, 0.2) is 45.5 Å². The molecule has 3 rings (SSSR count). The zero-order valence-electron chi connectivity index (χ0n) is 14.4. The third kappa shape index (κ3) is 4.50. The van der Waals surface area contributed by atoms with E-state index < -0.39 is 6.04 Å². The fourth-order valence-electron chi connectivity index (χ4n) is 3.48. The average Bonchev–Trinajstić information content (AvgIpc) is 2.66. The van der Waals surface area contributed by atoms with Crippen molar-refractivity contribution in [3.05, 3.63) is 51.1 Å². The predicted octanol–water partition coefficient (Wildman–Crippen LogP) is 3.16. The second-order valence-electron chi connectivity index (χ2n) is 6.74. The normalized spacial score (nSPS) is 19.0. The minimum atomic E-state index is -0.576. The monoisotopic (exact) mass is 483 g/mol. The molecule has 0 spiro atoms. The van der Waals surface area contributed by atoms with Crippen LogP contribution in [0.1, 0.15) is 18.4 Å². The van der Waals surface area contributed by atoms with Gasteiger partial charge in [0.2, 0.25) is 5.91 Å². The van der Waals surface area contributed by atoms with Gasteiger partial charge in [-0.15, -0.1) is 0 Å². The first kappa shape index (κ1) is 19.5. The highest BCUT2D eigenvalue weighted by atomic mass is 79.9. The number of aromatic hydroxyl groups is 1. The van der Waals surface area contributed by atoms with E-state index in [1.165, 1.54) is 0 Å². The number of hydrogen-bond acceptors (Lipinski definition) is 4. The molecule has 140 valence electrons. The molecule has 1 saturated heterocycles.